The SMILES string of the molecule is CCNC(=NCc1nnc2n1CCC2)NC(C)CCc1ccccc1. The zero-order valence-electron chi connectivity index (χ0n) is 15.2. The summed E-state index contributed by atoms with van der Waals surface area (Å²) in [6, 6.07) is 11.0. The van der Waals surface area contributed by atoms with E-state index >= 15 is 0 Å². The molecule has 1 aromatic heterocycles. The molecule has 1 unspecified atom stereocenters. The number of aryl methyl sites for hydroxylation is 2. The third kappa shape index (κ3) is 4.81. The summed E-state index contributed by atoms with van der Waals surface area (Å²) in [5.74, 6) is 2.90. The average molecular weight is 340 g/mol. The lowest BCUT2D eigenvalue weighted by Crippen LogP contribution is -2.42. The van der Waals surface area contributed by atoms with Gasteiger partial charge in [-0.25, -0.2) is 4.99 Å². The molecule has 0 amide bonds. The first kappa shape index (κ1) is 17.5. The Morgan fingerprint density at radius 2 is 2.12 bits per heavy atom. The summed E-state index contributed by atoms with van der Waals surface area (Å²) in [6.07, 6.45) is 4.32. The fourth-order valence-electron chi connectivity index (χ4n) is 3.13. The van der Waals surface area contributed by atoms with Gasteiger partial charge in [0.2, 0.25) is 0 Å². The number of aromatic nitrogens is 3. The second kappa shape index (κ2) is 8.65. The quantitative estimate of drug-likeness (QED) is 0.599. The van der Waals surface area contributed by atoms with Crippen LogP contribution in [0.5, 0.6) is 0 Å². The second-order valence-corrected chi connectivity index (χ2v) is 6.55. The van der Waals surface area contributed by atoms with Crippen LogP contribution in [0.4, 0.5) is 0 Å². The molecule has 0 bridgehead atoms. The van der Waals surface area contributed by atoms with Crippen molar-refractivity contribution in [3.05, 3.63) is 47.5 Å². The van der Waals surface area contributed by atoms with Crippen molar-refractivity contribution in [1.29, 1.82) is 0 Å². The first-order valence-corrected chi connectivity index (χ1v) is 9.26. The van der Waals surface area contributed by atoms with E-state index < -0.39 is 0 Å². The van der Waals surface area contributed by atoms with Gasteiger partial charge in [0.05, 0.1) is 0 Å². The summed E-state index contributed by atoms with van der Waals surface area (Å²) < 4.78 is 2.20. The summed E-state index contributed by atoms with van der Waals surface area (Å²) in [5.41, 5.74) is 1.37. The van der Waals surface area contributed by atoms with Gasteiger partial charge in [0.15, 0.2) is 11.8 Å². The molecule has 0 saturated carbocycles. The molecule has 1 aliphatic heterocycles. The summed E-state index contributed by atoms with van der Waals surface area (Å²) in [4.78, 5) is 4.70. The van der Waals surface area contributed by atoms with Crippen LogP contribution in [0.1, 0.15) is 43.9 Å². The fraction of sp³-hybridized carbons (Fsp3) is 0.526. The Labute approximate surface area is 149 Å². The van der Waals surface area contributed by atoms with E-state index in [2.05, 4.69) is 69.6 Å². The number of benzene rings is 1. The zero-order valence-corrected chi connectivity index (χ0v) is 15.2. The minimum absolute atomic E-state index is 0.349. The highest BCUT2D eigenvalue weighted by Crippen LogP contribution is 2.14. The second-order valence-electron chi connectivity index (χ2n) is 6.55. The maximum absolute atomic E-state index is 4.70. The molecule has 6 heteroatoms. The first-order valence-electron chi connectivity index (χ1n) is 9.26. The van der Waals surface area contributed by atoms with Crippen molar-refractivity contribution in [2.24, 2.45) is 4.99 Å². The number of nitrogens with one attached hydrogen (secondary N) is 2. The number of hydrogen-bond donors (Lipinski definition) is 2. The van der Waals surface area contributed by atoms with Crippen molar-refractivity contribution < 1.29 is 0 Å². The Bertz CT molecular complexity index is 691. The molecule has 0 aliphatic carbocycles. The summed E-state index contributed by atoms with van der Waals surface area (Å²) in [5, 5.41) is 15.3. The van der Waals surface area contributed by atoms with Crippen LogP contribution in [0.3, 0.4) is 0 Å². The van der Waals surface area contributed by atoms with Gasteiger partial charge in [0.1, 0.15) is 12.4 Å². The van der Waals surface area contributed by atoms with E-state index in [-0.39, 0.29) is 0 Å². The van der Waals surface area contributed by atoms with Crippen LogP contribution < -0.4 is 10.6 Å². The lowest BCUT2D eigenvalue weighted by Gasteiger charge is -2.17. The van der Waals surface area contributed by atoms with Crippen molar-refractivity contribution in [2.75, 3.05) is 6.54 Å². The van der Waals surface area contributed by atoms with Gasteiger partial charge in [-0.15, -0.1) is 10.2 Å². The highest BCUT2D eigenvalue weighted by molar-refractivity contribution is 5.79. The van der Waals surface area contributed by atoms with E-state index in [1.807, 2.05) is 0 Å². The Morgan fingerprint density at radius 1 is 1.28 bits per heavy atom. The minimum Gasteiger partial charge on any atom is -0.357 e. The minimum atomic E-state index is 0.349. The number of guanidine groups is 1. The van der Waals surface area contributed by atoms with Gasteiger partial charge in [0.25, 0.3) is 0 Å². The van der Waals surface area contributed by atoms with Gasteiger partial charge < -0.3 is 15.2 Å². The van der Waals surface area contributed by atoms with Crippen LogP contribution in [0.25, 0.3) is 0 Å². The van der Waals surface area contributed by atoms with E-state index in [9.17, 15) is 0 Å². The van der Waals surface area contributed by atoms with Crippen molar-refractivity contribution in [1.82, 2.24) is 25.4 Å². The average Bonchev–Trinajstić information content (AvgIpc) is 3.23. The third-order valence-electron chi connectivity index (χ3n) is 4.50. The van der Waals surface area contributed by atoms with Gasteiger partial charge in [-0.2, -0.15) is 0 Å². The lowest BCUT2D eigenvalue weighted by atomic mass is 10.1. The molecule has 1 aromatic carbocycles. The van der Waals surface area contributed by atoms with Gasteiger partial charge in [-0.3, -0.25) is 0 Å². The van der Waals surface area contributed by atoms with Crippen molar-refractivity contribution >= 4 is 5.96 Å². The van der Waals surface area contributed by atoms with Crippen molar-refractivity contribution in [2.45, 2.75) is 58.7 Å². The smallest absolute Gasteiger partial charge is 0.191 e. The Kier molecular flexibility index (Phi) is 6.04. The van der Waals surface area contributed by atoms with E-state index in [0.29, 0.717) is 12.6 Å². The van der Waals surface area contributed by atoms with Gasteiger partial charge in [0, 0.05) is 25.6 Å². The molecule has 0 fully saturated rings. The molecule has 2 heterocycles. The van der Waals surface area contributed by atoms with E-state index in [0.717, 1.165) is 56.4 Å². The predicted molar refractivity (Wildman–Crippen MR) is 101 cm³/mol. The van der Waals surface area contributed by atoms with Crippen LogP contribution in [-0.2, 0) is 25.9 Å². The van der Waals surface area contributed by atoms with Gasteiger partial charge in [-0.05, 0) is 38.7 Å². The number of aliphatic imine (C=N–C) groups is 1. The standard InChI is InChI=1S/C19H28N6/c1-3-20-19(21-14-18-24-23-17-10-7-13-25(17)18)22-15(2)11-12-16-8-5-4-6-9-16/h4-6,8-9,15H,3,7,10-14H2,1-2H3,(H2,20,21,22). The van der Waals surface area contributed by atoms with Gasteiger partial charge >= 0.3 is 0 Å². The normalized spacial score (nSPS) is 15.0. The molecule has 2 aromatic rings. The van der Waals surface area contributed by atoms with E-state index in [4.69, 9.17) is 4.99 Å². The van der Waals surface area contributed by atoms with Gasteiger partial charge in [-0.1, -0.05) is 30.3 Å². The zero-order chi connectivity index (χ0) is 17.5. The molecule has 25 heavy (non-hydrogen) atoms. The molecular weight excluding hydrogens is 312 g/mol. The molecular formula is C19H28N6. The molecule has 3 rings (SSSR count). The predicted octanol–water partition coefficient (Wildman–Crippen LogP) is 2.30. The lowest BCUT2D eigenvalue weighted by molar-refractivity contribution is 0.591. The van der Waals surface area contributed by atoms with Crippen LogP contribution in [0.15, 0.2) is 35.3 Å². The molecule has 134 valence electrons. The summed E-state index contributed by atoms with van der Waals surface area (Å²) in [7, 11) is 0. The monoisotopic (exact) mass is 340 g/mol. The number of hydrogen-bond acceptors (Lipinski definition) is 3. The Morgan fingerprint density at radius 3 is 2.92 bits per heavy atom. The van der Waals surface area contributed by atoms with Crippen molar-refractivity contribution in [3.63, 3.8) is 0 Å². The highest BCUT2D eigenvalue weighted by Gasteiger charge is 2.16. The van der Waals surface area contributed by atoms with Crippen LogP contribution in [0, 0.1) is 0 Å². The maximum Gasteiger partial charge on any atom is 0.191 e. The molecule has 0 radical (unpaired) electrons. The topological polar surface area (TPSA) is 67.1 Å². The molecule has 1 aliphatic rings. The maximum atomic E-state index is 4.70. The largest absolute Gasteiger partial charge is 0.357 e. The number of fused-ring (bicyclic) bond motifs is 1. The Balaban J connectivity index is 1.54. The molecule has 2 N–H and O–H groups in total. The van der Waals surface area contributed by atoms with Crippen LogP contribution in [0.2, 0.25) is 0 Å². The van der Waals surface area contributed by atoms with Crippen LogP contribution in [-0.4, -0.2) is 33.3 Å². The molecule has 0 saturated heterocycles. The third-order valence-corrected chi connectivity index (χ3v) is 4.50. The summed E-state index contributed by atoms with van der Waals surface area (Å²) >= 11 is 0. The molecule has 0 spiro atoms. The fourth-order valence-corrected chi connectivity index (χ4v) is 3.13. The highest BCUT2D eigenvalue weighted by atomic mass is 15.3. The molecule has 1 atom stereocenters. The first-order chi connectivity index (χ1) is 12.3. The molecule has 6 nitrogen and oxygen atoms in total. The van der Waals surface area contributed by atoms with Crippen LogP contribution >= 0.6 is 0 Å². The van der Waals surface area contributed by atoms with E-state index in [1.165, 1.54) is 5.56 Å². The number of rotatable bonds is 7. The summed E-state index contributed by atoms with van der Waals surface area (Å²) in [6.45, 7) is 6.71. The van der Waals surface area contributed by atoms with Crippen molar-refractivity contribution in [3.8, 4) is 0 Å². The van der Waals surface area contributed by atoms with E-state index in [1.54, 1.807) is 0 Å². The Hall–Kier alpha value is -2.37. The number of nitrogens with zero attached hydrogens (tertiary/aromatic N) is 4.